The highest BCUT2D eigenvalue weighted by Crippen LogP contribution is 2.30. The van der Waals surface area contributed by atoms with Crippen molar-refractivity contribution < 1.29 is 0 Å². The van der Waals surface area contributed by atoms with Gasteiger partial charge in [-0.25, -0.2) is 0 Å². The van der Waals surface area contributed by atoms with Gasteiger partial charge in [0.25, 0.3) is 0 Å². The van der Waals surface area contributed by atoms with Gasteiger partial charge in [0.2, 0.25) is 0 Å². The summed E-state index contributed by atoms with van der Waals surface area (Å²) in [6.45, 7) is 8.86. The topological polar surface area (TPSA) is 16.1 Å². The van der Waals surface area contributed by atoms with Crippen molar-refractivity contribution in [3.8, 4) is 0 Å². The summed E-state index contributed by atoms with van der Waals surface area (Å²) in [6, 6.07) is 0. The van der Waals surface area contributed by atoms with Gasteiger partial charge in [0.05, 0.1) is 0 Å². The van der Waals surface area contributed by atoms with Gasteiger partial charge in [-0.05, 0) is 36.8 Å². The van der Waals surface area contributed by atoms with Gasteiger partial charge in [0.1, 0.15) is 0 Å². The molecular formula is C15H26N2. The lowest BCUT2D eigenvalue weighted by molar-refractivity contribution is 0.867. The number of aromatic nitrogens is 1. The molecule has 0 bridgehead atoms. The van der Waals surface area contributed by atoms with Crippen LogP contribution in [-0.2, 0) is 25.7 Å². The molecule has 96 valence electrons. The van der Waals surface area contributed by atoms with E-state index in [1.807, 2.05) is 0 Å². The summed E-state index contributed by atoms with van der Waals surface area (Å²) in [6.07, 6.45) is 4.20. The van der Waals surface area contributed by atoms with E-state index in [9.17, 15) is 0 Å². The Labute approximate surface area is 106 Å². The van der Waals surface area contributed by atoms with E-state index in [2.05, 4.69) is 46.7 Å². The lowest BCUT2D eigenvalue weighted by Gasteiger charge is -2.25. The Balaban J connectivity index is 3.57. The fourth-order valence-electron chi connectivity index (χ4n) is 2.62. The van der Waals surface area contributed by atoms with Gasteiger partial charge in [-0.2, -0.15) is 0 Å². The second kappa shape index (κ2) is 6.04. The van der Waals surface area contributed by atoms with Gasteiger partial charge in [-0.15, -0.1) is 0 Å². The van der Waals surface area contributed by atoms with Crippen LogP contribution < -0.4 is 4.90 Å². The molecule has 0 atom stereocenters. The van der Waals surface area contributed by atoms with Gasteiger partial charge >= 0.3 is 0 Å². The number of nitrogens with zero attached hydrogens (tertiary/aromatic N) is 2. The van der Waals surface area contributed by atoms with Crippen LogP contribution >= 0.6 is 0 Å². The molecule has 1 aromatic heterocycles. The fraction of sp³-hybridized carbons (Fsp3) is 0.667. The Morgan fingerprint density at radius 3 is 1.41 bits per heavy atom. The largest absolute Gasteiger partial charge is 0.377 e. The summed E-state index contributed by atoms with van der Waals surface area (Å²) in [7, 11) is 4.29. The van der Waals surface area contributed by atoms with Gasteiger partial charge in [0, 0.05) is 31.2 Å². The van der Waals surface area contributed by atoms with Crippen molar-refractivity contribution in [1.29, 1.82) is 0 Å². The first-order valence-electron chi connectivity index (χ1n) is 6.81. The van der Waals surface area contributed by atoms with Crippen molar-refractivity contribution in [2.45, 2.75) is 53.4 Å². The van der Waals surface area contributed by atoms with E-state index in [4.69, 9.17) is 4.98 Å². The molecule has 2 nitrogen and oxygen atoms in total. The number of hydrogen-bond acceptors (Lipinski definition) is 2. The molecule has 0 radical (unpaired) electrons. The van der Waals surface area contributed by atoms with Crippen molar-refractivity contribution in [3.05, 3.63) is 22.5 Å². The zero-order valence-electron chi connectivity index (χ0n) is 12.2. The molecule has 0 amide bonds. The molecule has 0 aliphatic heterocycles. The van der Waals surface area contributed by atoms with Crippen LogP contribution in [0.15, 0.2) is 0 Å². The number of rotatable bonds is 5. The molecule has 0 unspecified atom stereocenters. The van der Waals surface area contributed by atoms with Crippen LogP contribution in [0.25, 0.3) is 0 Å². The summed E-state index contributed by atoms with van der Waals surface area (Å²) in [5.74, 6) is 0. The maximum absolute atomic E-state index is 4.87. The Morgan fingerprint density at radius 1 is 0.765 bits per heavy atom. The van der Waals surface area contributed by atoms with E-state index in [-0.39, 0.29) is 0 Å². The third-order valence-corrected chi connectivity index (χ3v) is 3.36. The molecule has 1 aromatic rings. The second-order valence-electron chi connectivity index (χ2n) is 4.62. The van der Waals surface area contributed by atoms with Crippen LogP contribution in [0.1, 0.15) is 50.2 Å². The van der Waals surface area contributed by atoms with E-state index in [0.29, 0.717) is 0 Å². The van der Waals surface area contributed by atoms with E-state index < -0.39 is 0 Å². The molecule has 17 heavy (non-hydrogen) atoms. The minimum Gasteiger partial charge on any atom is -0.377 e. The molecule has 0 fully saturated rings. The van der Waals surface area contributed by atoms with Crippen LogP contribution in [0, 0.1) is 0 Å². The first-order valence-corrected chi connectivity index (χ1v) is 6.81. The minimum absolute atomic E-state index is 1.03. The van der Waals surface area contributed by atoms with Gasteiger partial charge < -0.3 is 4.90 Å². The smallest absolute Gasteiger partial charge is 0.0462 e. The molecule has 1 heterocycles. The molecule has 0 saturated carbocycles. The van der Waals surface area contributed by atoms with Gasteiger partial charge in [-0.1, -0.05) is 27.7 Å². The zero-order valence-corrected chi connectivity index (χ0v) is 12.2. The van der Waals surface area contributed by atoms with E-state index in [1.165, 1.54) is 28.2 Å². The normalized spacial score (nSPS) is 10.7. The fourth-order valence-corrected chi connectivity index (χ4v) is 2.62. The van der Waals surface area contributed by atoms with Crippen LogP contribution in [0.4, 0.5) is 5.69 Å². The number of hydrogen-bond donors (Lipinski definition) is 0. The first-order chi connectivity index (χ1) is 8.10. The van der Waals surface area contributed by atoms with Crippen LogP contribution in [0.3, 0.4) is 0 Å². The van der Waals surface area contributed by atoms with Gasteiger partial charge in [-0.3, -0.25) is 4.98 Å². The Bertz CT molecular complexity index is 351. The van der Waals surface area contributed by atoms with Crippen molar-refractivity contribution in [2.75, 3.05) is 19.0 Å². The number of pyridine rings is 1. The van der Waals surface area contributed by atoms with Crippen molar-refractivity contribution in [1.82, 2.24) is 4.98 Å². The predicted octanol–water partition coefficient (Wildman–Crippen LogP) is 3.40. The molecule has 0 saturated heterocycles. The number of aryl methyl sites for hydroxylation is 2. The van der Waals surface area contributed by atoms with Crippen molar-refractivity contribution >= 4 is 5.69 Å². The van der Waals surface area contributed by atoms with E-state index in [1.54, 1.807) is 0 Å². The minimum atomic E-state index is 1.03. The lowest BCUT2D eigenvalue weighted by Crippen LogP contribution is -2.18. The highest BCUT2D eigenvalue weighted by Gasteiger charge is 2.17. The SMILES string of the molecule is CCc1nc(CC)c(CC)c(N(C)C)c1CC. The number of anilines is 1. The molecular weight excluding hydrogens is 208 g/mol. The van der Waals surface area contributed by atoms with Crippen LogP contribution in [0.2, 0.25) is 0 Å². The quantitative estimate of drug-likeness (QED) is 0.776. The highest BCUT2D eigenvalue weighted by atomic mass is 15.1. The Kier molecular flexibility index (Phi) is 4.98. The average Bonchev–Trinajstić information content (AvgIpc) is 2.35. The summed E-state index contributed by atoms with van der Waals surface area (Å²) in [5.41, 5.74) is 6.85. The molecule has 0 N–H and O–H groups in total. The van der Waals surface area contributed by atoms with Crippen LogP contribution in [-0.4, -0.2) is 19.1 Å². The van der Waals surface area contributed by atoms with Crippen molar-refractivity contribution in [3.63, 3.8) is 0 Å². The highest BCUT2D eigenvalue weighted by molar-refractivity contribution is 5.62. The van der Waals surface area contributed by atoms with Crippen LogP contribution in [0.5, 0.6) is 0 Å². The third-order valence-electron chi connectivity index (χ3n) is 3.36. The van der Waals surface area contributed by atoms with Crippen molar-refractivity contribution in [2.24, 2.45) is 0 Å². The monoisotopic (exact) mass is 234 g/mol. The molecule has 0 aliphatic rings. The molecule has 2 heteroatoms. The third kappa shape index (κ3) is 2.62. The molecule has 0 aliphatic carbocycles. The summed E-state index contributed by atoms with van der Waals surface area (Å²) >= 11 is 0. The maximum atomic E-state index is 4.87. The Hall–Kier alpha value is -1.05. The molecule has 1 rings (SSSR count). The summed E-state index contributed by atoms with van der Waals surface area (Å²) in [4.78, 5) is 7.13. The Morgan fingerprint density at radius 2 is 1.18 bits per heavy atom. The molecule has 0 aromatic carbocycles. The predicted molar refractivity (Wildman–Crippen MR) is 76.1 cm³/mol. The average molecular weight is 234 g/mol. The maximum Gasteiger partial charge on any atom is 0.0462 e. The zero-order chi connectivity index (χ0) is 13.0. The van der Waals surface area contributed by atoms with E-state index >= 15 is 0 Å². The summed E-state index contributed by atoms with van der Waals surface area (Å²) in [5, 5.41) is 0. The second-order valence-corrected chi connectivity index (χ2v) is 4.62. The first kappa shape index (κ1) is 14.0. The molecule has 0 spiro atoms. The lowest BCUT2D eigenvalue weighted by atomic mass is 9.97. The standard InChI is InChI=1S/C15H26N2/c1-7-11-13(9-3)16-14(10-4)12(8-2)15(11)17(5)6/h7-10H2,1-6H3. The van der Waals surface area contributed by atoms with E-state index in [0.717, 1.165) is 25.7 Å². The van der Waals surface area contributed by atoms with Gasteiger partial charge in [0.15, 0.2) is 0 Å². The summed E-state index contributed by atoms with van der Waals surface area (Å²) < 4.78 is 0.